The lowest BCUT2D eigenvalue weighted by atomic mass is 10.2. The first kappa shape index (κ1) is 14.1. The molecule has 1 heterocycles. The molecule has 0 saturated heterocycles. The number of carbonyl (C=O) groups excluding carboxylic acids is 1. The van der Waals surface area contributed by atoms with E-state index in [0.717, 1.165) is 23.2 Å². The molecular weight excluding hydrogens is 250 g/mol. The SMILES string of the molecule is CC(C)=CC(=O)NCCc1cnn(-c2ccccc2)c1. The Morgan fingerprint density at radius 2 is 2.05 bits per heavy atom. The molecule has 2 rings (SSSR count). The molecule has 4 nitrogen and oxygen atoms in total. The summed E-state index contributed by atoms with van der Waals surface area (Å²) in [5.41, 5.74) is 3.14. The molecular formula is C16H19N3O. The van der Waals surface area contributed by atoms with Crippen LogP contribution in [0.3, 0.4) is 0 Å². The first-order valence-corrected chi connectivity index (χ1v) is 6.67. The fraction of sp³-hybridized carbons (Fsp3) is 0.250. The number of nitrogens with one attached hydrogen (secondary N) is 1. The molecule has 0 aliphatic rings. The van der Waals surface area contributed by atoms with Crippen molar-refractivity contribution >= 4 is 5.91 Å². The van der Waals surface area contributed by atoms with Crippen molar-refractivity contribution < 1.29 is 4.79 Å². The van der Waals surface area contributed by atoms with Gasteiger partial charge in [-0.05, 0) is 38.0 Å². The van der Waals surface area contributed by atoms with Crippen molar-refractivity contribution in [3.63, 3.8) is 0 Å². The van der Waals surface area contributed by atoms with Crippen molar-refractivity contribution in [3.8, 4) is 5.69 Å². The standard InChI is InChI=1S/C16H19N3O/c1-13(2)10-16(20)17-9-8-14-11-18-19(12-14)15-6-4-3-5-7-15/h3-7,10-12H,8-9H2,1-2H3,(H,17,20). The molecule has 2 aromatic rings. The summed E-state index contributed by atoms with van der Waals surface area (Å²) >= 11 is 0. The molecule has 0 radical (unpaired) electrons. The number of rotatable bonds is 5. The molecule has 104 valence electrons. The van der Waals surface area contributed by atoms with Crippen molar-refractivity contribution in [2.24, 2.45) is 0 Å². The van der Waals surface area contributed by atoms with Gasteiger partial charge in [0.25, 0.3) is 0 Å². The Bertz CT molecular complexity index is 595. The summed E-state index contributed by atoms with van der Waals surface area (Å²) in [7, 11) is 0. The van der Waals surface area contributed by atoms with E-state index in [2.05, 4.69) is 10.4 Å². The second-order valence-electron chi connectivity index (χ2n) is 4.89. The van der Waals surface area contributed by atoms with Crippen LogP contribution in [-0.4, -0.2) is 22.2 Å². The van der Waals surface area contributed by atoms with E-state index >= 15 is 0 Å². The van der Waals surface area contributed by atoms with Crippen LogP contribution in [-0.2, 0) is 11.2 Å². The zero-order valence-electron chi connectivity index (χ0n) is 11.8. The van der Waals surface area contributed by atoms with Crippen molar-refractivity contribution in [1.82, 2.24) is 15.1 Å². The van der Waals surface area contributed by atoms with Gasteiger partial charge in [0.05, 0.1) is 11.9 Å². The number of hydrogen-bond acceptors (Lipinski definition) is 2. The van der Waals surface area contributed by atoms with Crippen molar-refractivity contribution in [3.05, 3.63) is 59.9 Å². The maximum Gasteiger partial charge on any atom is 0.243 e. The monoisotopic (exact) mass is 269 g/mol. The topological polar surface area (TPSA) is 46.9 Å². The van der Waals surface area contributed by atoms with Gasteiger partial charge in [-0.1, -0.05) is 23.8 Å². The molecule has 0 fully saturated rings. The highest BCUT2D eigenvalue weighted by molar-refractivity contribution is 5.87. The van der Waals surface area contributed by atoms with Gasteiger partial charge in [-0.15, -0.1) is 0 Å². The number of allylic oxidation sites excluding steroid dienone is 1. The van der Waals surface area contributed by atoms with Gasteiger partial charge < -0.3 is 5.32 Å². The molecule has 0 bridgehead atoms. The number of carbonyl (C=O) groups is 1. The zero-order valence-corrected chi connectivity index (χ0v) is 11.8. The number of hydrogen-bond donors (Lipinski definition) is 1. The molecule has 0 aliphatic heterocycles. The second-order valence-corrected chi connectivity index (χ2v) is 4.89. The van der Waals surface area contributed by atoms with Crippen LogP contribution >= 0.6 is 0 Å². The maximum absolute atomic E-state index is 11.5. The Morgan fingerprint density at radius 1 is 1.30 bits per heavy atom. The van der Waals surface area contributed by atoms with Crippen LogP contribution in [0, 0.1) is 0 Å². The predicted octanol–water partition coefficient (Wildman–Crippen LogP) is 2.50. The van der Waals surface area contributed by atoms with Crippen molar-refractivity contribution in [2.45, 2.75) is 20.3 Å². The van der Waals surface area contributed by atoms with E-state index in [1.54, 1.807) is 6.08 Å². The predicted molar refractivity (Wildman–Crippen MR) is 79.7 cm³/mol. The average molecular weight is 269 g/mol. The summed E-state index contributed by atoms with van der Waals surface area (Å²) in [4.78, 5) is 11.5. The number of aromatic nitrogens is 2. The molecule has 1 N–H and O–H groups in total. The van der Waals surface area contributed by atoms with Crippen LogP contribution in [0.4, 0.5) is 0 Å². The Kier molecular flexibility index (Phi) is 4.71. The third-order valence-corrected chi connectivity index (χ3v) is 2.79. The Labute approximate surface area is 119 Å². The molecule has 1 aromatic heterocycles. The molecule has 4 heteroatoms. The van der Waals surface area contributed by atoms with Crippen LogP contribution in [0.25, 0.3) is 5.69 Å². The summed E-state index contributed by atoms with van der Waals surface area (Å²) in [6, 6.07) is 9.96. The highest BCUT2D eigenvalue weighted by Crippen LogP contribution is 2.07. The number of para-hydroxylation sites is 1. The Morgan fingerprint density at radius 3 is 2.75 bits per heavy atom. The lowest BCUT2D eigenvalue weighted by Crippen LogP contribution is -2.23. The van der Waals surface area contributed by atoms with E-state index in [9.17, 15) is 4.79 Å². The van der Waals surface area contributed by atoms with Crippen molar-refractivity contribution in [1.29, 1.82) is 0 Å². The first-order chi connectivity index (χ1) is 9.65. The number of nitrogens with zero attached hydrogens (tertiary/aromatic N) is 2. The minimum Gasteiger partial charge on any atom is -0.352 e. The van der Waals surface area contributed by atoms with Crippen LogP contribution in [0.5, 0.6) is 0 Å². The zero-order chi connectivity index (χ0) is 14.4. The maximum atomic E-state index is 11.5. The van der Waals surface area contributed by atoms with Crippen LogP contribution in [0.1, 0.15) is 19.4 Å². The normalized spacial score (nSPS) is 10.1. The van der Waals surface area contributed by atoms with Gasteiger partial charge in [-0.3, -0.25) is 4.79 Å². The fourth-order valence-corrected chi connectivity index (χ4v) is 1.85. The minimum absolute atomic E-state index is 0.0412. The van der Waals surface area contributed by atoms with Crippen LogP contribution < -0.4 is 5.32 Å². The summed E-state index contributed by atoms with van der Waals surface area (Å²) in [5, 5.41) is 7.18. The molecule has 0 aliphatic carbocycles. The van der Waals surface area contributed by atoms with Gasteiger partial charge in [-0.25, -0.2) is 4.68 Å². The van der Waals surface area contributed by atoms with Gasteiger partial charge in [0.15, 0.2) is 0 Å². The lowest BCUT2D eigenvalue weighted by molar-refractivity contribution is -0.116. The highest BCUT2D eigenvalue weighted by Gasteiger charge is 2.01. The first-order valence-electron chi connectivity index (χ1n) is 6.67. The van der Waals surface area contributed by atoms with E-state index in [-0.39, 0.29) is 5.91 Å². The molecule has 1 aromatic carbocycles. The molecule has 20 heavy (non-hydrogen) atoms. The molecule has 0 atom stereocenters. The van der Waals surface area contributed by atoms with E-state index in [1.807, 2.05) is 61.3 Å². The van der Waals surface area contributed by atoms with E-state index in [0.29, 0.717) is 6.54 Å². The summed E-state index contributed by atoms with van der Waals surface area (Å²) in [5.74, 6) is -0.0412. The van der Waals surface area contributed by atoms with Crippen LogP contribution in [0.15, 0.2) is 54.4 Å². The lowest BCUT2D eigenvalue weighted by Gasteiger charge is -2.01. The van der Waals surface area contributed by atoms with Crippen molar-refractivity contribution in [2.75, 3.05) is 6.54 Å². The van der Waals surface area contributed by atoms with Gasteiger partial charge in [0.2, 0.25) is 5.91 Å². The average Bonchev–Trinajstić information content (AvgIpc) is 2.88. The third-order valence-electron chi connectivity index (χ3n) is 2.79. The molecule has 1 amide bonds. The Balaban J connectivity index is 1.88. The number of benzene rings is 1. The van der Waals surface area contributed by atoms with Gasteiger partial charge in [0.1, 0.15) is 0 Å². The minimum atomic E-state index is -0.0412. The fourth-order valence-electron chi connectivity index (χ4n) is 1.85. The third kappa shape index (κ3) is 4.09. The van der Waals surface area contributed by atoms with Crippen LogP contribution in [0.2, 0.25) is 0 Å². The Hall–Kier alpha value is -2.36. The number of amides is 1. The second kappa shape index (κ2) is 6.70. The molecule has 0 saturated carbocycles. The van der Waals surface area contributed by atoms with E-state index in [4.69, 9.17) is 0 Å². The van der Waals surface area contributed by atoms with Gasteiger partial charge >= 0.3 is 0 Å². The highest BCUT2D eigenvalue weighted by atomic mass is 16.1. The largest absolute Gasteiger partial charge is 0.352 e. The van der Waals surface area contributed by atoms with E-state index < -0.39 is 0 Å². The van der Waals surface area contributed by atoms with Gasteiger partial charge in [0, 0.05) is 18.8 Å². The molecule has 0 spiro atoms. The van der Waals surface area contributed by atoms with Gasteiger partial charge in [-0.2, -0.15) is 5.10 Å². The summed E-state index contributed by atoms with van der Waals surface area (Å²) in [6.45, 7) is 4.43. The summed E-state index contributed by atoms with van der Waals surface area (Å²) < 4.78 is 1.84. The quantitative estimate of drug-likeness (QED) is 0.848. The smallest absolute Gasteiger partial charge is 0.243 e. The van der Waals surface area contributed by atoms with E-state index in [1.165, 1.54) is 0 Å². The molecule has 0 unspecified atom stereocenters. The summed E-state index contributed by atoms with van der Waals surface area (Å²) in [6.07, 6.45) is 6.20.